The number of ether oxygens (including phenoxy) is 8. The molecule has 0 unspecified atom stereocenters. The predicted octanol–water partition coefficient (Wildman–Crippen LogP) is 3.61. The Morgan fingerprint density at radius 3 is 1.51 bits per heavy atom. The van der Waals surface area contributed by atoms with E-state index >= 15 is 0 Å². The van der Waals surface area contributed by atoms with Crippen molar-refractivity contribution in [3.05, 3.63) is 108 Å². The molecule has 5 rings (SSSR count). The van der Waals surface area contributed by atoms with Crippen LogP contribution in [0.4, 0.5) is 0 Å². The smallest absolute Gasteiger partial charge is 0.187 e. The minimum absolute atomic E-state index is 0.261. The molecule has 0 aliphatic carbocycles. The first kappa shape index (κ1) is 33.6. The molecule has 2 aliphatic heterocycles. The van der Waals surface area contributed by atoms with Crippen LogP contribution in [-0.2, 0) is 57.7 Å². The standard InChI is InChI=1S/C35H44O10/c1-23-28(40-20-24-13-7-4-8-14-24)31(41-21-25-15-9-5-10-16-25)33(42-22-26-17-11-6-12-18-26)35(43-23)45-29-27(19-36)44-34(37)32(39-3)30(29)38-2/h4-18,23,27-37H,19-22H2,1-3H3/t23-,27+,28+,29+,30-,31+,32+,33-,34-,35+/m0/s1. The molecule has 2 saturated heterocycles. The fourth-order valence-electron chi connectivity index (χ4n) is 5.86. The Kier molecular flexibility index (Phi) is 12.5. The van der Waals surface area contributed by atoms with Crippen LogP contribution in [0.1, 0.15) is 23.6 Å². The number of hydrogen-bond donors (Lipinski definition) is 2. The van der Waals surface area contributed by atoms with Crippen molar-refractivity contribution in [3.8, 4) is 0 Å². The van der Waals surface area contributed by atoms with Gasteiger partial charge in [0.15, 0.2) is 12.6 Å². The van der Waals surface area contributed by atoms with Gasteiger partial charge in [-0.25, -0.2) is 0 Å². The van der Waals surface area contributed by atoms with Crippen molar-refractivity contribution in [2.45, 2.75) is 88.2 Å². The predicted molar refractivity (Wildman–Crippen MR) is 164 cm³/mol. The minimum Gasteiger partial charge on any atom is -0.394 e. The van der Waals surface area contributed by atoms with Gasteiger partial charge in [-0.05, 0) is 23.6 Å². The van der Waals surface area contributed by atoms with Gasteiger partial charge >= 0.3 is 0 Å². The molecule has 0 bridgehead atoms. The van der Waals surface area contributed by atoms with Crippen LogP contribution in [0.5, 0.6) is 0 Å². The Hall–Kier alpha value is -2.74. The van der Waals surface area contributed by atoms with E-state index in [2.05, 4.69) is 0 Å². The molecule has 10 nitrogen and oxygen atoms in total. The number of benzene rings is 3. The molecule has 10 atom stereocenters. The number of methoxy groups -OCH3 is 2. The monoisotopic (exact) mass is 624 g/mol. The Morgan fingerprint density at radius 1 is 0.578 bits per heavy atom. The van der Waals surface area contributed by atoms with Gasteiger partial charge in [-0.15, -0.1) is 0 Å². The fraction of sp³-hybridized carbons (Fsp3) is 0.486. The molecule has 244 valence electrons. The van der Waals surface area contributed by atoms with Gasteiger partial charge in [0.1, 0.15) is 42.7 Å². The molecule has 0 radical (unpaired) electrons. The van der Waals surface area contributed by atoms with E-state index in [1.165, 1.54) is 14.2 Å². The van der Waals surface area contributed by atoms with Crippen LogP contribution in [0, 0.1) is 0 Å². The summed E-state index contributed by atoms with van der Waals surface area (Å²) in [6.45, 7) is 2.41. The molecule has 2 N–H and O–H groups in total. The third kappa shape index (κ3) is 8.55. The normalized spacial score (nSPS) is 31.9. The molecule has 3 aromatic carbocycles. The van der Waals surface area contributed by atoms with E-state index in [1.807, 2.05) is 97.9 Å². The van der Waals surface area contributed by atoms with Gasteiger partial charge < -0.3 is 48.1 Å². The van der Waals surface area contributed by atoms with E-state index < -0.39 is 68.0 Å². The van der Waals surface area contributed by atoms with Crippen LogP contribution < -0.4 is 0 Å². The summed E-state index contributed by atoms with van der Waals surface area (Å²) < 4.78 is 49.7. The second kappa shape index (κ2) is 16.7. The summed E-state index contributed by atoms with van der Waals surface area (Å²) in [4.78, 5) is 0. The first-order chi connectivity index (χ1) is 22.0. The number of aliphatic hydroxyl groups is 2. The third-order valence-electron chi connectivity index (χ3n) is 8.21. The van der Waals surface area contributed by atoms with Crippen molar-refractivity contribution in [3.63, 3.8) is 0 Å². The highest BCUT2D eigenvalue weighted by atomic mass is 16.7. The molecular formula is C35H44O10. The third-order valence-corrected chi connectivity index (χ3v) is 8.21. The van der Waals surface area contributed by atoms with E-state index in [4.69, 9.17) is 37.9 Å². The van der Waals surface area contributed by atoms with E-state index in [-0.39, 0.29) is 6.61 Å². The number of rotatable bonds is 14. The molecule has 0 aromatic heterocycles. The average molecular weight is 625 g/mol. The van der Waals surface area contributed by atoms with Gasteiger partial charge in [-0.2, -0.15) is 0 Å². The van der Waals surface area contributed by atoms with Crippen molar-refractivity contribution in [2.24, 2.45) is 0 Å². The molecule has 2 heterocycles. The van der Waals surface area contributed by atoms with Crippen molar-refractivity contribution in [1.82, 2.24) is 0 Å². The molecular weight excluding hydrogens is 580 g/mol. The Bertz CT molecular complexity index is 1250. The zero-order valence-corrected chi connectivity index (χ0v) is 25.9. The highest BCUT2D eigenvalue weighted by Crippen LogP contribution is 2.34. The van der Waals surface area contributed by atoms with Crippen LogP contribution in [0.2, 0.25) is 0 Å². The first-order valence-electron chi connectivity index (χ1n) is 15.3. The molecule has 2 aliphatic rings. The topological polar surface area (TPSA) is 114 Å². The lowest BCUT2D eigenvalue weighted by Crippen LogP contribution is -2.65. The summed E-state index contributed by atoms with van der Waals surface area (Å²) >= 11 is 0. The Morgan fingerprint density at radius 2 is 1.04 bits per heavy atom. The van der Waals surface area contributed by atoms with Gasteiger partial charge in [0, 0.05) is 14.2 Å². The first-order valence-corrected chi connectivity index (χ1v) is 15.3. The summed E-state index contributed by atoms with van der Waals surface area (Å²) in [5.74, 6) is 0. The maximum absolute atomic E-state index is 10.5. The van der Waals surface area contributed by atoms with Gasteiger partial charge in [-0.3, -0.25) is 0 Å². The number of hydrogen-bond acceptors (Lipinski definition) is 10. The van der Waals surface area contributed by atoms with E-state index in [0.29, 0.717) is 13.2 Å². The van der Waals surface area contributed by atoms with Gasteiger partial charge in [0.05, 0.1) is 32.5 Å². The van der Waals surface area contributed by atoms with Crippen LogP contribution >= 0.6 is 0 Å². The van der Waals surface area contributed by atoms with Crippen LogP contribution in [0.15, 0.2) is 91.0 Å². The second-order valence-electron chi connectivity index (χ2n) is 11.2. The molecule has 0 saturated carbocycles. The van der Waals surface area contributed by atoms with E-state index in [9.17, 15) is 10.2 Å². The second-order valence-corrected chi connectivity index (χ2v) is 11.2. The van der Waals surface area contributed by atoms with Gasteiger partial charge in [0.25, 0.3) is 0 Å². The van der Waals surface area contributed by atoms with Crippen molar-refractivity contribution in [1.29, 1.82) is 0 Å². The maximum atomic E-state index is 10.5. The molecule has 2 fully saturated rings. The summed E-state index contributed by atoms with van der Waals surface area (Å²) in [5.41, 5.74) is 2.98. The molecule has 45 heavy (non-hydrogen) atoms. The summed E-state index contributed by atoms with van der Waals surface area (Å²) in [6, 6.07) is 29.6. The lowest BCUT2D eigenvalue weighted by Gasteiger charge is -2.49. The maximum Gasteiger partial charge on any atom is 0.187 e. The molecule has 3 aromatic rings. The van der Waals surface area contributed by atoms with Crippen molar-refractivity contribution in [2.75, 3.05) is 20.8 Å². The summed E-state index contributed by atoms with van der Waals surface area (Å²) in [5, 5.41) is 20.7. The van der Waals surface area contributed by atoms with Crippen LogP contribution in [0.25, 0.3) is 0 Å². The molecule has 0 amide bonds. The lowest BCUT2D eigenvalue weighted by atomic mass is 9.96. The van der Waals surface area contributed by atoms with Crippen molar-refractivity contribution < 1.29 is 48.1 Å². The molecule has 10 heteroatoms. The lowest BCUT2D eigenvalue weighted by molar-refractivity contribution is -0.366. The quantitative estimate of drug-likeness (QED) is 0.276. The summed E-state index contributed by atoms with van der Waals surface area (Å²) in [6.07, 6.45) is -8.09. The van der Waals surface area contributed by atoms with Gasteiger partial charge in [0.2, 0.25) is 0 Å². The molecule has 0 spiro atoms. The zero-order chi connectivity index (χ0) is 31.6. The average Bonchev–Trinajstić information content (AvgIpc) is 3.08. The van der Waals surface area contributed by atoms with E-state index in [0.717, 1.165) is 16.7 Å². The van der Waals surface area contributed by atoms with Crippen LogP contribution in [-0.4, -0.2) is 92.5 Å². The van der Waals surface area contributed by atoms with Crippen molar-refractivity contribution >= 4 is 0 Å². The SMILES string of the molecule is CO[C@@H]1[C@@H](OC)[C@@H](O)O[C@H](CO)[C@H]1O[C@H]1O[C@@H](C)[C@@H](OCc2ccccc2)[C@@H](OCc2ccccc2)[C@@H]1OCc1ccccc1. The zero-order valence-electron chi connectivity index (χ0n) is 25.9. The fourth-order valence-corrected chi connectivity index (χ4v) is 5.86. The largest absolute Gasteiger partial charge is 0.394 e. The van der Waals surface area contributed by atoms with E-state index in [1.54, 1.807) is 0 Å². The Labute approximate surface area is 264 Å². The van der Waals surface area contributed by atoms with Gasteiger partial charge in [-0.1, -0.05) is 91.0 Å². The highest BCUT2D eigenvalue weighted by molar-refractivity contribution is 5.15. The highest BCUT2D eigenvalue weighted by Gasteiger charge is 2.52. The number of aliphatic hydroxyl groups excluding tert-OH is 2. The Balaban J connectivity index is 1.45. The van der Waals surface area contributed by atoms with Crippen LogP contribution in [0.3, 0.4) is 0 Å². The summed E-state index contributed by atoms with van der Waals surface area (Å²) in [7, 11) is 2.94. The minimum atomic E-state index is -1.31.